The molecular weight excluding hydrogens is 458 g/mol. The molecule has 3 aromatic rings. The lowest BCUT2D eigenvalue weighted by Gasteiger charge is -2.30. The Morgan fingerprint density at radius 2 is 1.85 bits per heavy atom. The van der Waals surface area contributed by atoms with Crippen LogP contribution in [0.3, 0.4) is 0 Å². The van der Waals surface area contributed by atoms with Gasteiger partial charge in [-0.3, -0.25) is 14.2 Å². The van der Waals surface area contributed by atoms with Gasteiger partial charge < -0.3 is 5.32 Å². The highest BCUT2D eigenvalue weighted by molar-refractivity contribution is 7.88. The van der Waals surface area contributed by atoms with Crippen molar-refractivity contribution in [1.82, 2.24) is 8.87 Å². The minimum Gasteiger partial charge on any atom is -0.326 e. The average Bonchev–Trinajstić information content (AvgIpc) is 3.10. The highest BCUT2D eigenvalue weighted by Gasteiger charge is 2.31. The molecule has 0 atom stereocenters. The van der Waals surface area contributed by atoms with Crippen molar-refractivity contribution >= 4 is 43.2 Å². The molecule has 0 radical (unpaired) electrons. The van der Waals surface area contributed by atoms with Crippen molar-refractivity contribution in [3.63, 3.8) is 0 Å². The number of nitrogens with zero attached hydrogens (tertiary/aromatic N) is 2. The third-order valence-corrected chi connectivity index (χ3v) is 8.96. The van der Waals surface area contributed by atoms with E-state index < -0.39 is 10.0 Å². The van der Waals surface area contributed by atoms with E-state index in [0.717, 1.165) is 21.3 Å². The largest absolute Gasteiger partial charge is 0.326 e. The highest BCUT2D eigenvalue weighted by atomic mass is 32.2. The first-order valence-corrected chi connectivity index (χ1v) is 13.6. The molecule has 1 aromatic heterocycles. The van der Waals surface area contributed by atoms with Crippen molar-refractivity contribution in [1.29, 1.82) is 0 Å². The van der Waals surface area contributed by atoms with E-state index in [1.165, 1.54) is 15.6 Å². The van der Waals surface area contributed by atoms with Crippen molar-refractivity contribution in [2.75, 3.05) is 18.4 Å². The lowest BCUT2D eigenvalue weighted by atomic mass is 9.97. The van der Waals surface area contributed by atoms with Gasteiger partial charge in [0.1, 0.15) is 0 Å². The Labute approximate surface area is 198 Å². The molecule has 0 saturated carbocycles. The molecule has 1 amide bonds. The normalized spacial score (nSPS) is 15.9. The Morgan fingerprint density at radius 3 is 2.52 bits per heavy atom. The number of sulfonamides is 1. The van der Waals surface area contributed by atoms with Gasteiger partial charge >= 0.3 is 4.87 Å². The van der Waals surface area contributed by atoms with Gasteiger partial charge in [0.25, 0.3) is 0 Å². The van der Waals surface area contributed by atoms with Crippen LogP contribution < -0.4 is 10.2 Å². The number of fused-ring (bicyclic) bond motifs is 1. The van der Waals surface area contributed by atoms with Crippen LogP contribution in [0.2, 0.25) is 0 Å². The van der Waals surface area contributed by atoms with Gasteiger partial charge in [0.15, 0.2) is 0 Å². The van der Waals surface area contributed by atoms with Gasteiger partial charge in [0, 0.05) is 30.7 Å². The number of carbonyl (C=O) groups excluding carboxylic acids is 1. The van der Waals surface area contributed by atoms with E-state index in [1.54, 1.807) is 4.57 Å². The number of aryl methyl sites for hydroxylation is 1. The SMILES string of the molecule is Cc1ccccc1CS(=O)(=O)N1CCC(C(=O)Nc2ccc3c(c2)sc(=O)n3C(C)C)CC1. The number of hydrogen-bond donors (Lipinski definition) is 1. The molecule has 0 aliphatic carbocycles. The number of aromatic nitrogens is 1. The Hall–Kier alpha value is -2.49. The summed E-state index contributed by atoms with van der Waals surface area (Å²) in [5.74, 6) is -0.374. The minimum absolute atomic E-state index is 0.0113. The number of carbonyl (C=O) groups is 1. The second-order valence-corrected chi connectivity index (χ2v) is 11.8. The van der Waals surface area contributed by atoms with E-state index in [2.05, 4.69) is 5.32 Å². The molecule has 2 aromatic carbocycles. The number of hydrogen-bond acceptors (Lipinski definition) is 5. The Kier molecular flexibility index (Phi) is 6.74. The van der Waals surface area contributed by atoms with Gasteiger partial charge in [-0.1, -0.05) is 35.6 Å². The molecule has 1 aliphatic heterocycles. The fraction of sp³-hybridized carbons (Fsp3) is 0.417. The molecule has 4 rings (SSSR count). The first kappa shape index (κ1) is 23.7. The van der Waals surface area contributed by atoms with Crippen LogP contribution in [-0.4, -0.2) is 36.3 Å². The molecular formula is C24H29N3O4S2. The van der Waals surface area contributed by atoms with E-state index in [4.69, 9.17) is 0 Å². The predicted octanol–water partition coefficient (Wildman–Crippen LogP) is 4.13. The number of thiazole rings is 1. The summed E-state index contributed by atoms with van der Waals surface area (Å²) < 4.78 is 29.8. The summed E-state index contributed by atoms with van der Waals surface area (Å²) in [7, 11) is -3.43. The number of anilines is 1. The topological polar surface area (TPSA) is 88.5 Å². The van der Waals surface area contributed by atoms with E-state index in [-0.39, 0.29) is 28.5 Å². The molecule has 0 unspecified atom stereocenters. The van der Waals surface area contributed by atoms with Crippen LogP contribution in [0.15, 0.2) is 47.3 Å². The molecule has 0 bridgehead atoms. The van der Waals surface area contributed by atoms with Crippen molar-refractivity contribution in [3.8, 4) is 0 Å². The van der Waals surface area contributed by atoms with Gasteiger partial charge in [-0.15, -0.1) is 0 Å². The van der Waals surface area contributed by atoms with Crippen LogP contribution in [-0.2, 0) is 20.6 Å². The maximum absolute atomic E-state index is 12.9. The summed E-state index contributed by atoms with van der Waals surface area (Å²) in [4.78, 5) is 25.1. The number of nitrogens with one attached hydrogen (secondary N) is 1. The third-order valence-electron chi connectivity index (χ3n) is 6.21. The molecule has 176 valence electrons. The average molecular weight is 488 g/mol. The summed E-state index contributed by atoms with van der Waals surface area (Å²) >= 11 is 1.17. The molecule has 9 heteroatoms. The van der Waals surface area contributed by atoms with E-state index in [0.29, 0.717) is 31.6 Å². The van der Waals surface area contributed by atoms with E-state index in [1.807, 2.05) is 63.2 Å². The summed E-state index contributed by atoms with van der Waals surface area (Å²) in [5.41, 5.74) is 3.28. The Morgan fingerprint density at radius 1 is 1.15 bits per heavy atom. The van der Waals surface area contributed by atoms with Gasteiger partial charge in [0.05, 0.1) is 16.0 Å². The fourth-order valence-electron chi connectivity index (χ4n) is 4.30. The highest BCUT2D eigenvalue weighted by Crippen LogP contribution is 2.27. The van der Waals surface area contributed by atoms with Gasteiger partial charge in [-0.25, -0.2) is 12.7 Å². The number of rotatable bonds is 6. The molecule has 33 heavy (non-hydrogen) atoms. The van der Waals surface area contributed by atoms with E-state index in [9.17, 15) is 18.0 Å². The van der Waals surface area contributed by atoms with Crippen molar-refractivity contribution in [2.24, 2.45) is 5.92 Å². The Balaban J connectivity index is 1.38. The van der Waals surface area contributed by atoms with Crippen LogP contribution in [0.25, 0.3) is 10.2 Å². The maximum atomic E-state index is 12.9. The minimum atomic E-state index is -3.43. The monoisotopic (exact) mass is 487 g/mol. The quantitative estimate of drug-likeness (QED) is 0.566. The van der Waals surface area contributed by atoms with Gasteiger partial charge in [-0.2, -0.15) is 0 Å². The molecule has 1 aliphatic rings. The summed E-state index contributed by atoms with van der Waals surface area (Å²) in [6.07, 6.45) is 0.969. The van der Waals surface area contributed by atoms with Crippen LogP contribution in [0.4, 0.5) is 5.69 Å². The zero-order valence-electron chi connectivity index (χ0n) is 19.1. The lowest BCUT2D eigenvalue weighted by molar-refractivity contribution is -0.120. The van der Waals surface area contributed by atoms with Crippen LogP contribution in [0, 0.1) is 12.8 Å². The smallest absolute Gasteiger partial charge is 0.308 e. The summed E-state index contributed by atoms with van der Waals surface area (Å²) in [5, 5.41) is 2.95. The second kappa shape index (κ2) is 9.40. The number of piperidine rings is 1. The maximum Gasteiger partial charge on any atom is 0.308 e. The second-order valence-electron chi connectivity index (χ2n) is 8.86. The Bertz CT molecular complexity index is 1330. The molecule has 1 saturated heterocycles. The zero-order valence-corrected chi connectivity index (χ0v) is 20.7. The molecule has 1 fully saturated rings. The van der Waals surface area contributed by atoms with Crippen molar-refractivity contribution < 1.29 is 13.2 Å². The third kappa shape index (κ3) is 5.05. The lowest BCUT2D eigenvalue weighted by Crippen LogP contribution is -2.41. The number of amides is 1. The first-order valence-electron chi connectivity index (χ1n) is 11.1. The standard InChI is InChI=1S/C24H29N3O4S2/c1-16(2)27-21-9-8-20(14-22(21)32-24(27)29)25-23(28)18-10-12-26(13-11-18)33(30,31)15-19-7-5-4-6-17(19)3/h4-9,14,16,18H,10-13,15H2,1-3H3,(H,25,28). The molecule has 7 nitrogen and oxygen atoms in total. The van der Waals surface area contributed by atoms with Gasteiger partial charge in [0.2, 0.25) is 15.9 Å². The number of benzene rings is 2. The summed E-state index contributed by atoms with van der Waals surface area (Å²) in [6.45, 7) is 6.52. The van der Waals surface area contributed by atoms with Crippen LogP contribution in [0.1, 0.15) is 43.9 Å². The molecule has 0 spiro atoms. The van der Waals surface area contributed by atoms with E-state index >= 15 is 0 Å². The molecule has 2 heterocycles. The fourth-order valence-corrected chi connectivity index (χ4v) is 7.02. The molecule has 1 N–H and O–H groups in total. The van der Waals surface area contributed by atoms with Crippen molar-refractivity contribution in [3.05, 3.63) is 63.3 Å². The summed E-state index contributed by atoms with van der Waals surface area (Å²) in [6, 6.07) is 13.1. The van der Waals surface area contributed by atoms with Gasteiger partial charge in [-0.05, 0) is 62.9 Å². The predicted molar refractivity (Wildman–Crippen MR) is 133 cm³/mol. The first-order chi connectivity index (χ1) is 15.7. The van der Waals surface area contributed by atoms with Crippen LogP contribution >= 0.6 is 11.3 Å². The zero-order chi connectivity index (χ0) is 23.8. The van der Waals surface area contributed by atoms with Crippen LogP contribution in [0.5, 0.6) is 0 Å². The van der Waals surface area contributed by atoms with Crippen molar-refractivity contribution in [2.45, 2.75) is 45.4 Å².